The van der Waals surface area contributed by atoms with E-state index in [0.717, 1.165) is 24.5 Å². The number of aromatic nitrogens is 3. The lowest BCUT2D eigenvalue weighted by Crippen LogP contribution is -2.32. The Morgan fingerprint density at radius 3 is 2.69 bits per heavy atom. The average Bonchev–Trinajstić information content (AvgIpc) is 2.71. The minimum Gasteiger partial charge on any atom is -0.294 e. The monoisotopic (exact) mass is 225 g/mol. The fourth-order valence-corrected chi connectivity index (χ4v) is 1.56. The fraction of sp³-hybridized carbons (Fsp3) is 0.700. The number of rotatable bonds is 5. The number of amides is 1. The van der Waals surface area contributed by atoms with Crippen molar-refractivity contribution in [3.63, 3.8) is 0 Å². The standard InChI is InChI=1S/C10H19N5O/c1-4-8-12-9(5-2)15(14-8)7(3)6-10(16)13-11/h7H,4-6,11H2,1-3H3,(H,13,16). The van der Waals surface area contributed by atoms with Crippen LogP contribution in [0.1, 0.15) is 44.9 Å². The normalized spacial score (nSPS) is 12.5. The van der Waals surface area contributed by atoms with Crippen molar-refractivity contribution < 1.29 is 4.79 Å². The molecule has 6 nitrogen and oxygen atoms in total. The molecule has 0 spiro atoms. The topological polar surface area (TPSA) is 85.8 Å². The number of nitrogens with two attached hydrogens (primary N) is 1. The molecule has 0 bridgehead atoms. The van der Waals surface area contributed by atoms with Crippen LogP contribution in [0.15, 0.2) is 0 Å². The number of carbonyl (C=O) groups excluding carboxylic acids is 1. The van der Waals surface area contributed by atoms with Gasteiger partial charge >= 0.3 is 0 Å². The first-order valence-electron chi connectivity index (χ1n) is 5.56. The van der Waals surface area contributed by atoms with Gasteiger partial charge < -0.3 is 0 Å². The van der Waals surface area contributed by atoms with E-state index in [1.165, 1.54) is 0 Å². The third-order valence-corrected chi connectivity index (χ3v) is 2.44. The van der Waals surface area contributed by atoms with E-state index in [4.69, 9.17) is 5.84 Å². The van der Waals surface area contributed by atoms with Crippen molar-refractivity contribution in [2.45, 2.75) is 46.1 Å². The summed E-state index contributed by atoms with van der Waals surface area (Å²) in [6, 6.07) is -0.0219. The molecule has 1 rings (SSSR count). The van der Waals surface area contributed by atoms with Gasteiger partial charge in [-0.2, -0.15) is 5.10 Å². The molecule has 1 heterocycles. The third kappa shape index (κ3) is 2.79. The molecule has 1 unspecified atom stereocenters. The van der Waals surface area contributed by atoms with Crippen molar-refractivity contribution in [1.82, 2.24) is 20.2 Å². The van der Waals surface area contributed by atoms with Crippen LogP contribution in [0, 0.1) is 0 Å². The molecular weight excluding hydrogens is 206 g/mol. The Hall–Kier alpha value is -1.43. The molecule has 1 amide bonds. The zero-order valence-electron chi connectivity index (χ0n) is 10.0. The SMILES string of the molecule is CCc1nc(CC)n(C(C)CC(=O)NN)n1. The molecule has 1 aromatic rings. The minimum absolute atomic E-state index is 0.0219. The van der Waals surface area contributed by atoms with Gasteiger partial charge in [0.05, 0.1) is 12.5 Å². The van der Waals surface area contributed by atoms with E-state index in [1.807, 2.05) is 25.5 Å². The molecule has 16 heavy (non-hydrogen) atoms. The number of carbonyl (C=O) groups is 1. The van der Waals surface area contributed by atoms with Gasteiger partial charge in [-0.15, -0.1) is 0 Å². The molecule has 1 aromatic heterocycles. The first-order valence-corrected chi connectivity index (χ1v) is 5.56. The van der Waals surface area contributed by atoms with E-state index < -0.39 is 0 Å². The summed E-state index contributed by atoms with van der Waals surface area (Å²) >= 11 is 0. The molecule has 0 aromatic carbocycles. The van der Waals surface area contributed by atoms with Gasteiger partial charge in [0.15, 0.2) is 5.82 Å². The summed E-state index contributed by atoms with van der Waals surface area (Å²) in [5, 5.41) is 4.37. The number of nitrogens with zero attached hydrogens (tertiary/aromatic N) is 3. The lowest BCUT2D eigenvalue weighted by molar-refractivity contribution is -0.121. The molecule has 0 saturated heterocycles. The van der Waals surface area contributed by atoms with E-state index in [2.05, 4.69) is 15.5 Å². The summed E-state index contributed by atoms with van der Waals surface area (Å²) in [7, 11) is 0. The summed E-state index contributed by atoms with van der Waals surface area (Å²) < 4.78 is 1.81. The molecular formula is C10H19N5O. The van der Waals surface area contributed by atoms with Crippen LogP contribution in [0.25, 0.3) is 0 Å². The van der Waals surface area contributed by atoms with Gasteiger partial charge in [-0.1, -0.05) is 13.8 Å². The summed E-state index contributed by atoms with van der Waals surface area (Å²) in [6.45, 7) is 5.97. The van der Waals surface area contributed by atoms with E-state index in [1.54, 1.807) is 0 Å². The molecule has 0 radical (unpaired) electrons. The van der Waals surface area contributed by atoms with E-state index in [0.29, 0.717) is 6.42 Å². The van der Waals surface area contributed by atoms with E-state index >= 15 is 0 Å². The van der Waals surface area contributed by atoms with Gasteiger partial charge in [0.1, 0.15) is 5.82 Å². The van der Waals surface area contributed by atoms with Crippen LogP contribution in [0.5, 0.6) is 0 Å². The molecule has 0 aliphatic heterocycles. The number of aryl methyl sites for hydroxylation is 2. The van der Waals surface area contributed by atoms with Crippen LogP contribution in [-0.4, -0.2) is 20.7 Å². The molecule has 0 aliphatic carbocycles. The lowest BCUT2D eigenvalue weighted by atomic mass is 10.2. The average molecular weight is 225 g/mol. The zero-order chi connectivity index (χ0) is 12.1. The summed E-state index contributed by atoms with van der Waals surface area (Å²) in [5.74, 6) is 6.59. The quantitative estimate of drug-likeness (QED) is 0.430. The van der Waals surface area contributed by atoms with Crippen LogP contribution in [0.4, 0.5) is 0 Å². The zero-order valence-corrected chi connectivity index (χ0v) is 10.0. The third-order valence-electron chi connectivity index (χ3n) is 2.44. The molecule has 3 N–H and O–H groups in total. The smallest absolute Gasteiger partial charge is 0.236 e. The van der Waals surface area contributed by atoms with Gasteiger partial charge in [-0.25, -0.2) is 15.5 Å². The van der Waals surface area contributed by atoms with Crippen LogP contribution in [-0.2, 0) is 17.6 Å². The van der Waals surface area contributed by atoms with Gasteiger partial charge in [0.2, 0.25) is 5.91 Å². The molecule has 0 fully saturated rings. The van der Waals surface area contributed by atoms with Crippen LogP contribution in [0.2, 0.25) is 0 Å². The maximum atomic E-state index is 11.2. The van der Waals surface area contributed by atoms with Crippen molar-refractivity contribution in [3.05, 3.63) is 11.6 Å². The Bertz CT molecular complexity index is 360. The second-order valence-electron chi connectivity index (χ2n) is 3.72. The summed E-state index contributed by atoms with van der Waals surface area (Å²) in [5.41, 5.74) is 2.12. The predicted octanol–water partition coefficient (Wildman–Crippen LogP) is 0.344. The number of hydrogen-bond donors (Lipinski definition) is 2. The maximum Gasteiger partial charge on any atom is 0.236 e. The summed E-state index contributed by atoms with van der Waals surface area (Å²) in [6.07, 6.45) is 1.92. The fourth-order valence-electron chi connectivity index (χ4n) is 1.56. The van der Waals surface area contributed by atoms with Crippen LogP contribution in [0.3, 0.4) is 0 Å². The Morgan fingerprint density at radius 1 is 1.50 bits per heavy atom. The van der Waals surface area contributed by atoms with Crippen molar-refractivity contribution in [2.75, 3.05) is 0 Å². The number of hydrogen-bond acceptors (Lipinski definition) is 4. The first kappa shape index (κ1) is 12.6. The van der Waals surface area contributed by atoms with E-state index in [9.17, 15) is 4.79 Å². The minimum atomic E-state index is -0.192. The first-order chi connectivity index (χ1) is 7.62. The molecule has 1 atom stereocenters. The highest BCUT2D eigenvalue weighted by molar-refractivity contribution is 5.75. The van der Waals surface area contributed by atoms with Gasteiger partial charge in [-0.3, -0.25) is 10.2 Å². The Labute approximate surface area is 95.2 Å². The predicted molar refractivity (Wildman–Crippen MR) is 60.4 cm³/mol. The van der Waals surface area contributed by atoms with E-state index in [-0.39, 0.29) is 11.9 Å². The van der Waals surface area contributed by atoms with Gasteiger partial charge in [0.25, 0.3) is 0 Å². The highest BCUT2D eigenvalue weighted by atomic mass is 16.2. The van der Waals surface area contributed by atoms with Crippen LogP contribution < -0.4 is 11.3 Å². The van der Waals surface area contributed by atoms with Crippen molar-refractivity contribution >= 4 is 5.91 Å². The highest BCUT2D eigenvalue weighted by Gasteiger charge is 2.15. The highest BCUT2D eigenvalue weighted by Crippen LogP contribution is 2.13. The molecule has 0 aliphatic rings. The van der Waals surface area contributed by atoms with Gasteiger partial charge in [0, 0.05) is 12.8 Å². The second kappa shape index (κ2) is 5.60. The molecule has 0 saturated carbocycles. The second-order valence-corrected chi connectivity index (χ2v) is 3.72. The maximum absolute atomic E-state index is 11.2. The van der Waals surface area contributed by atoms with Crippen LogP contribution >= 0.6 is 0 Å². The molecule has 6 heteroatoms. The van der Waals surface area contributed by atoms with Gasteiger partial charge in [-0.05, 0) is 6.92 Å². The van der Waals surface area contributed by atoms with Crippen molar-refractivity contribution in [2.24, 2.45) is 5.84 Å². The largest absolute Gasteiger partial charge is 0.294 e. The Kier molecular flexibility index (Phi) is 4.42. The number of nitrogens with one attached hydrogen (secondary N) is 1. The summed E-state index contributed by atoms with van der Waals surface area (Å²) in [4.78, 5) is 15.6. The van der Waals surface area contributed by atoms with Crippen molar-refractivity contribution in [1.29, 1.82) is 0 Å². The Morgan fingerprint density at radius 2 is 2.19 bits per heavy atom. The lowest BCUT2D eigenvalue weighted by Gasteiger charge is -2.12. The molecule has 90 valence electrons. The number of hydrazine groups is 1. The Balaban J connectivity index is 2.84. The van der Waals surface area contributed by atoms with Crippen molar-refractivity contribution in [3.8, 4) is 0 Å².